The van der Waals surface area contributed by atoms with Crippen molar-refractivity contribution in [3.63, 3.8) is 0 Å². The van der Waals surface area contributed by atoms with Gasteiger partial charge in [-0.05, 0) is 42.2 Å². The highest BCUT2D eigenvalue weighted by atomic mass is 16.5. The molecule has 1 aliphatic rings. The molecule has 132 valence electrons. The van der Waals surface area contributed by atoms with E-state index in [9.17, 15) is 9.90 Å². The van der Waals surface area contributed by atoms with Crippen LogP contribution in [0.1, 0.15) is 29.7 Å². The molecule has 2 aromatic rings. The van der Waals surface area contributed by atoms with E-state index in [4.69, 9.17) is 4.74 Å². The number of anilines is 1. The molecule has 0 saturated heterocycles. The van der Waals surface area contributed by atoms with Crippen LogP contribution in [0.25, 0.3) is 0 Å². The van der Waals surface area contributed by atoms with Crippen LogP contribution in [-0.2, 0) is 17.8 Å². The summed E-state index contributed by atoms with van der Waals surface area (Å²) in [5.74, 6) is 0. The molecule has 0 aromatic heterocycles. The summed E-state index contributed by atoms with van der Waals surface area (Å²) in [6.45, 7) is 3.72. The topological polar surface area (TPSA) is 61.8 Å². The second-order valence-electron chi connectivity index (χ2n) is 6.10. The Hall–Kier alpha value is -2.37. The highest BCUT2D eigenvalue weighted by molar-refractivity contribution is 5.89. The molecule has 0 fully saturated rings. The molecule has 3 rings (SSSR count). The van der Waals surface area contributed by atoms with E-state index in [-0.39, 0.29) is 18.7 Å². The van der Waals surface area contributed by atoms with Crippen molar-refractivity contribution in [1.29, 1.82) is 0 Å². The van der Waals surface area contributed by atoms with Gasteiger partial charge in [-0.3, -0.25) is 0 Å². The number of fused-ring (bicyclic) bond motifs is 1. The molecular weight excluding hydrogens is 316 g/mol. The molecular formula is C20H24N2O3. The van der Waals surface area contributed by atoms with Gasteiger partial charge in [-0.1, -0.05) is 36.4 Å². The maximum absolute atomic E-state index is 12.7. The molecule has 2 N–H and O–H groups in total. The number of hydrogen-bond donors (Lipinski definition) is 2. The Morgan fingerprint density at radius 1 is 1.24 bits per heavy atom. The second-order valence-corrected chi connectivity index (χ2v) is 6.10. The maximum atomic E-state index is 12.7. The first kappa shape index (κ1) is 17.5. The molecule has 2 amide bonds. The van der Waals surface area contributed by atoms with Crippen molar-refractivity contribution in [2.75, 3.05) is 25.1 Å². The average Bonchev–Trinajstić information content (AvgIpc) is 2.66. The first-order valence-corrected chi connectivity index (χ1v) is 8.66. The number of amides is 2. The summed E-state index contributed by atoms with van der Waals surface area (Å²) in [6.07, 6.45) is 0.799. The van der Waals surface area contributed by atoms with E-state index in [2.05, 4.69) is 11.4 Å². The molecule has 0 saturated carbocycles. The van der Waals surface area contributed by atoms with Crippen molar-refractivity contribution >= 4 is 11.7 Å². The Bertz CT molecular complexity index is 715. The first-order chi connectivity index (χ1) is 12.2. The molecule has 2 aromatic carbocycles. The molecule has 5 nitrogen and oxygen atoms in total. The molecule has 5 heteroatoms. The quantitative estimate of drug-likeness (QED) is 0.877. The van der Waals surface area contributed by atoms with Gasteiger partial charge in [0.2, 0.25) is 0 Å². The highest BCUT2D eigenvalue weighted by Crippen LogP contribution is 2.29. The number of urea groups is 1. The van der Waals surface area contributed by atoms with Gasteiger partial charge in [0.05, 0.1) is 19.3 Å². The minimum atomic E-state index is -0.304. The van der Waals surface area contributed by atoms with Crippen LogP contribution < -0.4 is 5.32 Å². The molecule has 1 unspecified atom stereocenters. The van der Waals surface area contributed by atoms with E-state index in [0.717, 1.165) is 23.2 Å². The number of carbonyl (C=O) groups is 1. The van der Waals surface area contributed by atoms with E-state index < -0.39 is 0 Å². The molecule has 1 atom stereocenters. The van der Waals surface area contributed by atoms with Crippen LogP contribution in [0, 0.1) is 0 Å². The van der Waals surface area contributed by atoms with Crippen molar-refractivity contribution in [1.82, 2.24) is 4.90 Å². The van der Waals surface area contributed by atoms with Gasteiger partial charge in [0.25, 0.3) is 0 Å². The average molecular weight is 340 g/mol. The van der Waals surface area contributed by atoms with Gasteiger partial charge in [-0.15, -0.1) is 0 Å². The first-order valence-electron chi connectivity index (χ1n) is 8.66. The minimum Gasteiger partial charge on any atom is -0.394 e. The Balaban J connectivity index is 1.68. The third-order valence-electron chi connectivity index (χ3n) is 4.52. The van der Waals surface area contributed by atoms with Crippen LogP contribution in [0.4, 0.5) is 10.5 Å². The van der Waals surface area contributed by atoms with Gasteiger partial charge in [0.1, 0.15) is 0 Å². The lowest BCUT2D eigenvalue weighted by atomic mass is 9.93. The fraction of sp³-hybridized carbons (Fsp3) is 0.350. The Labute approximate surface area is 148 Å². The zero-order valence-electron chi connectivity index (χ0n) is 14.4. The number of nitrogens with zero attached hydrogens (tertiary/aromatic N) is 1. The summed E-state index contributed by atoms with van der Waals surface area (Å²) in [7, 11) is 0. The van der Waals surface area contributed by atoms with Gasteiger partial charge >= 0.3 is 6.03 Å². The van der Waals surface area contributed by atoms with Gasteiger partial charge in [-0.2, -0.15) is 0 Å². The predicted octanol–water partition coefficient (Wildman–Crippen LogP) is 3.35. The summed E-state index contributed by atoms with van der Waals surface area (Å²) in [4.78, 5) is 14.4. The third-order valence-corrected chi connectivity index (χ3v) is 4.52. The van der Waals surface area contributed by atoms with Gasteiger partial charge < -0.3 is 20.1 Å². The van der Waals surface area contributed by atoms with Gasteiger partial charge in [-0.25, -0.2) is 4.79 Å². The van der Waals surface area contributed by atoms with Crippen LogP contribution >= 0.6 is 0 Å². The number of ether oxygens (including phenoxy) is 1. The molecule has 0 radical (unpaired) electrons. The number of nitrogens with one attached hydrogen (secondary N) is 1. The van der Waals surface area contributed by atoms with Crippen LogP contribution in [-0.4, -0.2) is 35.8 Å². The summed E-state index contributed by atoms with van der Waals surface area (Å²) in [5, 5.41) is 12.7. The highest BCUT2D eigenvalue weighted by Gasteiger charge is 2.30. The smallest absolute Gasteiger partial charge is 0.322 e. The van der Waals surface area contributed by atoms with E-state index in [1.807, 2.05) is 49.4 Å². The van der Waals surface area contributed by atoms with Crippen molar-refractivity contribution in [2.24, 2.45) is 0 Å². The van der Waals surface area contributed by atoms with E-state index in [0.29, 0.717) is 19.8 Å². The van der Waals surface area contributed by atoms with Crippen molar-refractivity contribution in [3.8, 4) is 0 Å². The van der Waals surface area contributed by atoms with E-state index in [1.54, 1.807) is 4.90 Å². The lowest BCUT2D eigenvalue weighted by molar-refractivity contribution is 0.134. The van der Waals surface area contributed by atoms with Crippen molar-refractivity contribution in [3.05, 3.63) is 65.2 Å². The van der Waals surface area contributed by atoms with Crippen LogP contribution in [0.2, 0.25) is 0 Å². The van der Waals surface area contributed by atoms with Crippen molar-refractivity contribution < 1.29 is 14.6 Å². The normalized spacial score (nSPS) is 16.4. The van der Waals surface area contributed by atoms with Crippen LogP contribution in [0.5, 0.6) is 0 Å². The molecule has 0 aliphatic carbocycles. The lowest BCUT2D eigenvalue weighted by Crippen LogP contribution is -2.43. The standard InChI is InChI=1S/C20H24N2O3/c1-2-25-14-15-7-9-17(10-8-15)21-20(24)22-12-11-16-5-3-4-6-18(16)19(22)13-23/h3-10,19,23H,2,11-14H2,1H3,(H,21,24). The van der Waals surface area contributed by atoms with Gasteiger partial charge in [0, 0.05) is 18.8 Å². The zero-order valence-corrected chi connectivity index (χ0v) is 14.4. The second kappa shape index (κ2) is 8.14. The number of aliphatic hydroxyl groups excluding tert-OH is 1. The van der Waals surface area contributed by atoms with E-state index >= 15 is 0 Å². The Morgan fingerprint density at radius 3 is 2.72 bits per heavy atom. The van der Waals surface area contributed by atoms with Gasteiger partial charge in [0.15, 0.2) is 0 Å². The van der Waals surface area contributed by atoms with Crippen LogP contribution in [0.15, 0.2) is 48.5 Å². The molecule has 1 heterocycles. The fourth-order valence-electron chi connectivity index (χ4n) is 3.19. The largest absolute Gasteiger partial charge is 0.394 e. The predicted molar refractivity (Wildman–Crippen MR) is 97.5 cm³/mol. The minimum absolute atomic E-state index is 0.0856. The summed E-state index contributed by atoms with van der Waals surface area (Å²) >= 11 is 0. The number of hydrogen-bond acceptors (Lipinski definition) is 3. The number of benzene rings is 2. The van der Waals surface area contributed by atoms with Crippen molar-refractivity contribution in [2.45, 2.75) is 26.0 Å². The van der Waals surface area contributed by atoms with Crippen LogP contribution in [0.3, 0.4) is 0 Å². The fourth-order valence-corrected chi connectivity index (χ4v) is 3.19. The lowest BCUT2D eigenvalue weighted by Gasteiger charge is -2.36. The SMILES string of the molecule is CCOCc1ccc(NC(=O)N2CCc3ccccc3C2CO)cc1. The summed E-state index contributed by atoms with van der Waals surface area (Å²) in [6, 6.07) is 15.1. The van der Waals surface area contributed by atoms with E-state index in [1.165, 1.54) is 5.56 Å². The monoisotopic (exact) mass is 340 g/mol. The number of aliphatic hydroxyl groups is 1. The Morgan fingerprint density at radius 2 is 2.00 bits per heavy atom. The number of carbonyl (C=O) groups excluding carboxylic acids is 1. The molecule has 0 spiro atoms. The summed E-state index contributed by atoms with van der Waals surface area (Å²) < 4.78 is 5.37. The molecule has 1 aliphatic heterocycles. The third kappa shape index (κ3) is 4.00. The molecule has 25 heavy (non-hydrogen) atoms. The zero-order chi connectivity index (χ0) is 17.6. The molecule has 0 bridgehead atoms. The summed E-state index contributed by atoms with van der Waals surface area (Å²) in [5.41, 5.74) is 4.03. The number of rotatable bonds is 5. The Kier molecular flexibility index (Phi) is 5.68. The maximum Gasteiger partial charge on any atom is 0.322 e.